The summed E-state index contributed by atoms with van der Waals surface area (Å²) in [5, 5.41) is 0. The molecule has 0 aliphatic heterocycles. The Balaban J connectivity index is 2.31. The Morgan fingerprint density at radius 2 is 1.65 bits per heavy atom. The smallest absolute Gasteiger partial charge is 0.309 e. The van der Waals surface area contributed by atoms with Crippen molar-refractivity contribution in [3.05, 3.63) is 29.8 Å². The zero-order valence-corrected chi connectivity index (χ0v) is 17.5. The maximum Gasteiger partial charge on any atom is 0.309 e. The molecule has 0 amide bonds. The van der Waals surface area contributed by atoms with Crippen molar-refractivity contribution in [2.75, 3.05) is 5.75 Å². The monoisotopic (exact) mass is 380 g/mol. The SMILES string of the molecule is Cc1ccc(S(=O)(=O)CC2([C@@H](C)C(=O)OC(C)(C)C)CCCCC2)cc1. The van der Waals surface area contributed by atoms with Crippen LogP contribution in [0.1, 0.15) is 65.4 Å². The van der Waals surface area contributed by atoms with Crippen LogP contribution in [0.25, 0.3) is 0 Å². The van der Waals surface area contributed by atoms with Crippen molar-refractivity contribution in [2.24, 2.45) is 11.3 Å². The molecule has 1 aliphatic carbocycles. The average Bonchev–Trinajstić information content (AvgIpc) is 2.53. The lowest BCUT2D eigenvalue weighted by atomic mass is 9.67. The second kappa shape index (κ2) is 7.71. The molecule has 0 unspecified atom stereocenters. The van der Waals surface area contributed by atoms with E-state index < -0.39 is 26.8 Å². The Bertz CT molecular complexity index is 720. The van der Waals surface area contributed by atoms with Gasteiger partial charge in [0.1, 0.15) is 5.60 Å². The molecule has 0 bridgehead atoms. The molecule has 1 aromatic carbocycles. The van der Waals surface area contributed by atoms with Gasteiger partial charge in [-0.25, -0.2) is 8.42 Å². The minimum atomic E-state index is -3.47. The molecule has 4 nitrogen and oxygen atoms in total. The molecule has 1 saturated carbocycles. The van der Waals surface area contributed by atoms with E-state index in [1.54, 1.807) is 12.1 Å². The Kier molecular flexibility index (Phi) is 6.21. The highest BCUT2D eigenvalue weighted by Gasteiger charge is 2.45. The first-order valence-electron chi connectivity index (χ1n) is 9.48. The second-order valence-corrected chi connectivity index (χ2v) is 10.7. The molecule has 1 aliphatic rings. The van der Waals surface area contributed by atoms with Gasteiger partial charge in [-0.3, -0.25) is 4.79 Å². The quantitative estimate of drug-likeness (QED) is 0.695. The molecular weight excluding hydrogens is 348 g/mol. The fraction of sp³-hybridized carbons (Fsp3) is 0.667. The van der Waals surface area contributed by atoms with Crippen LogP contribution < -0.4 is 0 Å². The van der Waals surface area contributed by atoms with E-state index in [0.29, 0.717) is 4.90 Å². The molecule has 2 rings (SSSR count). The number of carbonyl (C=O) groups excluding carboxylic acids is 1. The molecule has 0 radical (unpaired) electrons. The van der Waals surface area contributed by atoms with E-state index in [4.69, 9.17) is 4.74 Å². The molecule has 1 aromatic rings. The number of aryl methyl sites for hydroxylation is 1. The van der Waals surface area contributed by atoms with Crippen LogP contribution >= 0.6 is 0 Å². The van der Waals surface area contributed by atoms with Crippen LogP contribution in [-0.4, -0.2) is 25.7 Å². The first kappa shape index (κ1) is 20.9. The fourth-order valence-electron chi connectivity index (χ4n) is 3.81. The molecule has 0 N–H and O–H groups in total. The molecule has 1 atom stereocenters. The maximum atomic E-state index is 13.1. The highest BCUT2D eigenvalue weighted by atomic mass is 32.2. The van der Waals surface area contributed by atoms with Crippen molar-refractivity contribution in [2.45, 2.75) is 77.2 Å². The number of esters is 1. The Morgan fingerprint density at radius 3 is 2.15 bits per heavy atom. The molecule has 5 heteroatoms. The molecule has 0 heterocycles. The number of sulfone groups is 1. The molecule has 0 saturated heterocycles. The van der Waals surface area contributed by atoms with E-state index in [1.807, 2.05) is 46.8 Å². The molecule has 0 aromatic heterocycles. The highest BCUT2D eigenvalue weighted by Crippen LogP contribution is 2.45. The van der Waals surface area contributed by atoms with Gasteiger partial charge in [0.2, 0.25) is 0 Å². The van der Waals surface area contributed by atoms with Crippen molar-refractivity contribution in [1.29, 1.82) is 0 Å². The van der Waals surface area contributed by atoms with Crippen molar-refractivity contribution < 1.29 is 17.9 Å². The summed E-state index contributed by atoms with van der Waals surface area (Å²) in [6, 6.07) is 6.97. The first-order chi connectivity index (χ1) is 12.0. The van der Waals surface area contributed by atoms with E-state index in [-0.39, 0.29) is 11.7 Å². The maximum absolute atomic E-state index is 13.1. The summed E-state index contributed by atoms with van der Waals surface area (Å²) in [6.45, 7) is 9.30. The van der Waals surface area contributed by atoms with Crippen molar-refractivity contribution in [3.8, 4) is 0 Å². The summed E-state index contributed by atoms with van der Waals surface area (Å²) in [5.74, 6) is -0.732. The van der Waals surface area contributed by atoms with Crippen LogP contribution in [0.5, 0.6) is 0 Å². The fourth-order valence-corrected chi connectivity index (χ4v) is 5.82. The van der Waals surface area contributed by atoms with Crippen LogP contribution in [0, 0.1) is 18.3 Å². The van der Waals surface area contributed by atoms with Gasteiger partial charge in [-0.2, -0.15) is 0 Å². The minimum absolute atomic E-state index is 0.00344. The summed E-state index contributed by atoms with van der Waals surface area (Å²) in [5.41, 5.74) is -0.0973. The lowest BCUT2D eigenvalue weighted by molar-refractivity contribution is -0.164. The third-order valence-electron chi connectivity index (χ3n) is 5.39. The van der Waals surface area contributed by atoms with Crippen LogP contribution in [0.3, 0.4) is 0 Å². The minimum Gasteiger partial charge on any atom is -0.460 e. The van der Waals surface area contributed by atoms with Gasteiger partial charge in [0.15, 0.2) is 9.84 Å². The standard InChI is InChI=1S/C21H32O4S/c1-16-9-11-18(12-10-16)26(23,24)15-21(13-7-6-8-14-21)17(2)19(22)25-20(3,4)5/h9-12,17H,6-8,13-15H2,1-5H3/t17-/m0/s1. The van der Waals surface area contributed by atoms with Gasteiger partial charge in [-0.15, -0.1) is 0 Å². The van der Waals surface area contributed by atoms with E-state index in [9.17, 15) is 13.2 Å². The lowest BCUT2D eigenvalue weighted by Crippen LogP contribution is -2.43. The average molecular weight is 381 g/mol. The first-order valence-corrected chi connectivity index (χ1v) is 11.1. The summed E-state index contributed by atoms with van der Waals surface area (Å²) in [4.78, 5) is 13.1. The third-order valence-corrected chi connectivity index (χ3v) is 7.33. The zero-order valence-electron chi connectivity index (χ0n) is 16.7. The summed E-state index contributed by atoms with van der Waals surface area (Å²) < 4.78 is 31.7. The number of rotatable bonds is 5. The molecule has 1 fully saturated rings. The summed E-state index contributed by atoms with van der Waals surface area (Å²) in [7, 11) is -3.47. The predicted octanol–water partition coefficient (Wildman–Crippen LogP) is 4.70. The van der Waals surface area contributed by atoms with Gasteiger partial charge in [-0.05, 0) is 58.1 Å². The van der Waals surface area contributed by atoms with Gasteiger partial charge in [0.25, 0.3) is 0 Å². The summed E-state index contributed by atoms with van der Waals surface area (Å²) in [6.07, 6.45) is 4.50. The Morgan fingerprint density at radius 1 is 1.12 bits per heavy atom. The van der Waals surface area contributed by atoms with Gasteiger partial charge >= 0.3 is 5.97 Å². The van der Waals surface area contributed by atoms with Crippen LogP contribution in [0.4, 0.5) is 0 Å². The number of benzene rings is 1. The number of ether oxygens (including phenoxy) is 1. The van der Waals surface area contributed by atoms with E-state index in [0.717, 1.165) is 37.7 Å². The van der Waals surface area contributed by atoms with Gasteiger partial charge in [0.05, 0.1) is 16.6 Å². The van der Waals surface area contributed by atoms with E-state index >= 15 is 0 Å². The molecule has 26 heavy (non-hydrogen) atoms. The Labute approximate surface area is 158 Å². The van der Waals surface area contributed by atoms with Gasteiger partial charge < -0.3 is 4.74 Å². The highest BCUT2D eigenvalue weighted by molar-refractivity contribution is 7.91. The molecule has 0 spiro atoms. The number of carbonyl (C=O) groups is 1. The Hall–Kier alpha value is -1.36. The third kappa shape index (κ3) is 5.09. The van der Waals surface area contributed by atoms with Gasteiger partial charge in [0, 0.05) is 0 Å². The topological polar surface area (TPSA) is 60.4 Å². The van der Waals surface area contributed by atoms with Crippen molar-refractivity contribution in [1.82, 2.24) is 0 Å². The largest absolute Gasteiger partial charge is 0.460 e. The van der Waals surface area contributed by atoms with E-state index in [2.05, 4.69) is 0 Å². The predicted molar refractivity (Wildman–Crippen MR) is 104 cm³/mol. The second-order valence-electron chi connectivity index (χ2n) is 8.75. The molecule has 146 valence electrons. The zero-order chi connectivity index (χ0) is 19.6. The van der Waals surface area contributed by atoms with Gasteiger partial charge in [-0.1, -0.05) is 43.9 Å². The number of hydrogen-bond acceptors (Lipinski definition) is 4. The van der Waals surface area contributed by atoms with Crippen LogP contribution in [-0.2, 0) is 19.4 Å². The lowest BCUT2D eigenvalue weighted by Gasteiger charge is -2.41. The van der Waals surface area contributed by atoms with Crippen LogP contribution in [0.2, 0.25) is 0 Å². The summed E-state index contributed by atoms with van der Waals surface area (Å²) >= 11 is 0. The van der Waals surface area contributed by atoms with Crippen molar-refractivity contribution in [3.63, 3.8) is 0 Å². The molecular formula is C21H32O4S. The van der Waals surface area contributed by atoms with E-state index in [1.165, 1.54) is 0 Å². The normalized spacial score (nSPS) is 19.0. The number of hydrogen-bond donors (Lipinski definition) is 0. The van der Waals surface area contributed by atoms with Crippen molar-refractivity contribution >= 4 is 15.8 Å². The van der Waals surface area contributed by atoms with Crippen LogP contribution in [0.15, 0.2) is 29.2 Å².